The SMILES string of the molecule is NC(=O)COCCNC(=O)N1CCC(CCC(=O)O)C1. The number of likely N-dealkylation sites (tertiary alicyclic amines) is 1. The van der Waals surface area contributed by atoms with Crippen molar-refractivity contribution < 1.29 is 24.2 Å². The molecule has 1 aliphatic heterocycles. The first-order valence-corrected chi connectivity index (χ1v) is 6.59. The van der Waals surface area contributed by atoms with E-state index in [2.05, 4.69) is 5.32 Å². The highest BCUT2D eigenvalue weighted by Crippen LogP contribution is 2.20. The third kappa shape index (κ3) is 6.37. The van der Waals surface area contributed by atoms with Crippen LogP contribution in [0, 0.1) is 5.92 Å². The molecule has 20 heavy (non-hydrogen) atoms. The van der Waals surface area contributed by atoms with Crippen LogP contribution in [0.1, 0.15) is 19.3 Å². The zero-order valence-corrected chi connectivity index (χ0v) is 11.3. The van der Waals surface area contributed by atoms with Crippen molar-refractivity contribution in [2.45, 2.75) is 19.3 Å². The number of hydrogen-bond acceptors (Lipinski definition) is 4. The minimum absolute atomic E-state index is 0.140. The predicted molar refractivity (Wildman–Crippen MR) is 70.0 cm³/mol. The van der Waals surface area contributed by atoms with Crippen molar-refractivity contribution in [3.8, 4) is 0 Å². The van der Waals surface area contributed by atoms with Crippen LogP contribution in [0.5, 0.6) is 0 Å². The molecule has 0 aromatic heterocycles. The number of hydrogen-bond donors (Lipinski definition) is 3. The van der Waals surface area contributed by atoms with Crippen LogP contribution in [0.2, 0.25) is 0 Å². The lowest BCUT2D eigenvalue weighted by atomic mass is 10.0. The Bertz CT molecular complexity index is 361. The summed E-state index contributed by atoms with van der Waals surface area (Å²) in [4.78, 5) is 34.3. The zero-order valence-electron chi connectivity index (χ0n) is 11.3. The van der Waals surface area contributed by atoms with E-state index in [1.807, 2.05) is 0 Å². The summed E-state index contributed by atoms with van der Waals surface area (Å²) in [5, 5.41) is 11.3. The molecule has 0 aromatic rings. The van der Waals surface area contributed by atoms with Gasteiger partial charge < -0.3 is 25.8 Å². The van der Waals surface area contributed by atoms with E-state index in [1.165, 1.54) is 0 Å². The van der Waals surface area contributed by atoms with E-state index in [9.17, 15) is 14.4 Å². The van der Waals surface area contributed by atoms with Gasteiger partial charge in [-0.2, -0.15) is 0 Å². The molecule has 1 rings (SSSR count). The fraction of sp³-hybridized carbons (Fsp3) is 0.750. The van der Waals surface area contributed by atoms with Gasteiger partial charge in [-0.25, -0.2) is 4.79 Å². The Morgan fingerprint density at radius 2 is 2.15 bits per heavy atom. The van der Waals surface area contributed by atoms with Crippen molar-refractivity contribution in [1.82, 2.24) is 10.2 Å². The van der Waals surface area contributed by atoms with E-state index in [1.54, 1.807) is 4.90 Å². The summed E-state index contributed by atoms with van der Waals surface area (Å²) in [6.07, 6.45) is 1.57. The van der Waals surface area contributed by atoms with Gasteiger partial charge in [-0.05, 0) is 18.8 Å². The summed E-state index contributed by atoms with van der Waals surface area (Å²) >= 11 is 0. The van der Waals surface area contributed by atoms with Crippen LogP contribution in [0.4, 0.5) is 4.79 Å². The zero-order chi connectivity index (χ0) is 15.0. The number of ether oxygens (including phenoxy) is 1. The number of amides is 3. The quantitative estimate of drug-likeness (QED) is 0.514. The van der Waals surface area contributed by atoms with E-state index < -0.39 is 11.9 Å². The number of nitrogens with one attached hydrogen (secondary N) is 1. The Hall–Kier alpha value is -1.83. The molecule has 0 bridgehead atoms. The van der Waals surface area contributed by atoms with Crippen LogP contribution in [-0.4, -0.2) is 60.8 Å². The van der Waals surface area contributed by atoms with Crippen LogP contribution >= 0.6 is 0 Å². The lowest BCUT2D eigenvalue weighted by Gasteiger charge is -2.17. The maximum absolute atomic E-state index is 11.8. The number of primary amides is 1. The van der Waals surface area contributed by atoms with Crippen LogP contribution in [-0.2, 0) is 14.3 Å². The highest BCUT2D eigenvalue weighted by molar-refractivity contribution is 5.75. The summed E-state index contributed by atoms with van der Waals surface area (Å²) in [6.45, 7) is 1.60. The molecule has 0 radical (unpaired) electrons. The van der Waals surface area contributed by atoms with Gasteiger partial charge >= 0.3 is 12.0 Å². The minimum Gasteiger partial charge on any atom is -0.481 e. The summed E-state index contributed by atoms with van der Waals surface area (Å²) < 4.78 is 4.92. The number of urea groups is 1. The van der Waals surface area contributed by atoms with Crippen molar-refractivity contribution in [3.05, 3.63) is 0 Å². The van der Waals surface area contributed by atoms with Crippen molar-refractivity contribution >= 4 is 17.9 Å². The van der Waals surface area contributed by atoms with Crippen LogP contribution in [0.3, 0.4) is 0 Å². The normalized spacial score (nSPS) is 18.0. The number of nitrogens with two attached hydrogens (primary N) is 1. The Morgan fingerprint density at radius 3 is 2.80 bits per heavy atom. The van der Waals surface area contributed by atoms with Gasteiger partial charge in [0.2, 0.25) is 5.91 Å². The Balaban J connectivity index is 2.12. The molecule has 1 aliphatic rings. The number of nitrogens with zero attached hydrogens (tertiary/aromatic N) is 1. The molecule has 0 spiro atoms. The molecule has 1 unspecified atom stereocenters. The van der Waals surface area contributed by atoms with Gasteiger partial charge in [0.05, 0.1) is 6.61 Å². The summed E-state index contributed by atoms with van der Waals surface area (Å²) in [5.74, 6) is -1.10. The second kappa shape index (κ2) is 8.36. The average Bonchev–Trinajstić information content (AvgIpc) is 2.84. The summed E-state index contributed by atoms with van der Waals surface area (Å²) in [7, 11) is 0. The molecule has 114 valence electrons. The van der Waals surface area contributed by atoms with Gasteiger partial charge in [0.1, 0.15) is 6.61 Å². The van der Waals surface area contributed by atoms with E-state index in [4.69, 9.17) is 15.6 Å². The third-order valence-electron chi connectivity index (χ3n) is 3.11. The number of carbonyl (C=O) groups is 3. The molecular formula is C12H21N3O5. The highest BCUT2D eigenvalue weighted by Gasteiger charge is 2.26. The fourth-order valence-corrected chi connectivity index (χ4v) is 2.10. The molecule has 8 heteroatoms. The van der Waals surface area contributed by atoms with Gasteiger partial charge in [-0.1, -0.05) is 0 Å². The first kappa shape index (κ1) is 16.2. The summed E-state index contributed by atoms with van der Waals surface area (Å²) in [6, 6.07) is -0.189. The standard InChI is InChI=1S/C12H21N3O5/c13-10(16)8-20-6-4-14-12(19)15-5-3-9(7-15)1-2-11(17)18/h9H,1-8H2,(H2,13,16)(H,14,19)(H,17,18). The lowest BCUT2D eigenvalue weighted by molar-refractivity contribution is -0.137. The minimum atomic E-state index is -0.806. The van der Waals surface area contributed by atoms with Crippen LogP contribution in [0.25, 0.3) is 0 Å². The smallest absolute Gasteiger partial charge is 0.317 e. The van der Waals surface area contributed by atoms with Crippen LogP contribution < -0.4 is 11.1 Å². The number of aliphatic carboxylic acids is 1. The first-order chi connectivity index (χ1) is 9.49. The fourth-order valence-electron chi connectivity index (χ4n) is 2.10. The molecule has 4 N–H and O–H groups in total. The maximum atomic E-state index is 11.8. The molecule has 0 saturated carbocycles. The Labute approximate surface area is 117 Å². The van der Waals surface area contributed by atoms with Crippen LogP contribution in [0.15, 0.2) is 0 Å². The molecule has 0 aromatic carbocycles. The second-order valence-electron chi connectivity index (χ2n) is 4.78. The number of carboxylic acid groups (broad SMARTS) is 1. The molecule has 8 nitrogen and oxygen atoms in total. The van der Waals surface area contributed by atoms with Gasteiger partial charge in [-0.15, -0.1) is 0 Å². The second-order valence-corrected chi connectivity index (χ2v) is 4.78. The molecule has 1 saturated heterocycles. The molecule has 1 atom stereocenters. The van der Waals surface area contributed by atoms with Gasteiger partial charge in [-0.3, -0.25) is 9.59 Å². The highest BCUT2D eigenvalue weighted by atomic mass is 16.5. The molecule has 1 heterocycles. The van der Waals surface area contributed by atoms with Crippen molar-refractivity contribution in [3.63, 3.8) is 0 Å². The third-order valence-corrected chi connectivity index (χ3v) is 3.11. The summed E-state index contributed by atoms with van der Waals surface area (Å²) in [5.41, 5.74) is 4.90. The predicted octanol–water partition coefficient (Wildman–Crippen LogP) is -0.615. The van der Waals surface area contributed by atoms with Crippen molar-refractivity contribution in [1.29, 1.82) is 0 Å². The van der Waals surface area contributed by atoms with Gasteiger partial charge in [0.25, 0.3) is 0 Å². The van der Waals surface area contributed by atoms with E-state index in [0.717, 1.165) is 6.42 Å². The van der Waals surface area contributed by atoms with E-state index >= 15 is 0 Å². The monoisotopic (exact) mass is 287 g/mol. The molecule has 1 fully saturated rings. The largest absolute Gasteiger partial charge is 0.481 e. The van der Waals surface area contributed by atoms with Gasteiger partial charge in [0.15, 0.2) is 0 Å². The van der Waals surface area contributed by atoms with E-state index in [-0.39, 0.29) is 31.6 Å². The average molecular weight is 287 g/mol. The lowest BCUT2D eigenvalue weighted by Crippen LogP contribution is -2.40. The topological polar surface area (TPSA) is 122 Å². The molecular weight excluding hydrogens is 266 g/mol. The molecule has 3 amide bonds. The van der Waals surface area contributed by atoms with Crippen molar-refractivity contribution in [2.75, 3.05) is 32.8 Å². The Kier molecular flexibility index (Phi) is 6.78. The first-order valence-electron chi connectivity index (χ1n) is 6.59. The number of carboxylic acids is 1. The van der Waals surface area contributed by atoms with E-state index in [0.29, 0.717) is 26.1 Å². The van der Waals surface area contributed by atoms with Gasteiger partial charge in [0, 0.05) is 26.1 Å². The number of carbonyl (C=O) groups excluding carboxylic acids is 2. The Morgan fingerprint density at radius 1 is 1.40 bits per heavy atom. The number of rotatable bonds is 8. The maximum Gasteiger partial charge on any atom is 0.317 e. The molecule has 0 aliphatic carbocycles. The van der Waals surface area contributed by atoms with Crippen molar-refractivity contribution in [2.24, 2.45) is 11.7 Å².